The van der Waals surface area contributed by atoms with Crippen molar-refractivity contribution in [2.45, 2.75) is 24.6 Å². The van der Waals surface area contributed by atoms with E-state index in [9.17, 15) is 18.0 Å². The quantitative estimate of drug-likeness (QED) is 0.891. The van der Waals surface area contributed by atoms with Gasteiger partial charge in [-0.05, 0) is 31.0 Å². The van der Waals surface area contributed by atoms with Crippen LogP contribution in [0.4, 0.5) is 19.0 Å². The van der Waals surface area contributed by atoms with Gasteiger partial charge in [0.25, 0.3) is 5.91 Å². The molecule has 1 amide bonds. The highest BCUT2D eigenvalue weighted by molar-refractivity contribution is 5.92. The predicted molar refractivity (Wildman–Crippen MR) is 82.8 cm³/mol. The molecule has 9 heteroatoms. The molecule has 2 aromatic heterocycles. The highest BCUT2D eigenvalue weighted by atomic mass is 19.4. The van der Waals surface area contributed by atoms with E-state index < -0.39 is 11.7 Å². The number of aromatic nitrogens is 3. The number of amides is 1. The van der Waals surface area contributed by atoms with Crippen LogP contribution in [0.25, 0.3) is 0 Å². The van der Waals surface area contributed by atoms with E-state index in [-0.39, 0.29) is 17.4 Å². The van der Waals surface area contributed by atoms with Gasteiger partial charge in [-0.2, -0.15) is 18.3 Å². The molecule has 25 heavy (non-hydrogen) atoms. The molecule has 2 N–H and O–H groups in total. The summed E-state index contributed by atoms with van der Waals surface area (Å²) in [5, 5.41) is 9.72. The van der Waals surface area contributed by atoms with Gasteiger partial charge in [0, 0.05) is 31.4 Å². The normalized spacial score (nSPS) is 25.4. The third-order valence-electron chi connectivity index (χ3n) is 5.12. The summed E-state index contributed by atoms with van der Waals surface area (Å²) in [5.74, 6) is 0.547. The van der Waals surface area contributed by atoms with Gasteiger partial charge in [-0.3, -0.25) is 9.89 Å². The lowest BCUT2D eigenvalue weighted by molar-refractivity contribution is -0.137. The molecular formula is C16H16F3N5O. The van der Waals surface area contributed by atoms with E-state index in [1.165, 1.54) is 12.3 Å². The van der Waals surface area contributed by atoms with Crippen molar-refractivity contribution in [3.05, 3.63) is 41.9 Å². The number of rotatable bonds is 3. The molecule has 1 aliphatic carbocycles. The first-order valence-electron chi connectivity index (χ1n) is 7.97. The smallest absolute Gasteiger partial charge is 0.363 e. The average molecular weight is 351 g/mol. The summed E-state index contributed by atoms with van der Waals surface area (Å²) in [6.07, 6.45) is -0.218. The largest absolute Gasteiger partial charge is 0.417 e. The fourth-order valence-electron chi connectivity index (χ4n) is 3.64. The standard InChI is InChI=1S/C16H16F3N5O/c17-16(18,19)10-1-2-13(20-7-10)22-15-5-3-11(15)8-24(9-15)14(25)12-4-6-21-23-12/h1-2,4,6-7,11H,3,5,8-9H2,(H,20,22)(H,21,23). The van der Waals surface area contributed by atoms with Crippen LogP contribution in [-0.4, -0.2) is 44.6 Å². The Morgan fingerprint density at radius 1 is 1.36 bits per heavy atom. The number of likely N-dealkylation sites (tertiary alicyclic amines) is 1. The van der Waals surface area contributed by atoms with Gasteiger partial charge in [-0.15, -0.1) is 0 Å². The molecule has 4 rings (SSSR count). The number of alkyl halides is 3. The first kappa shape index (κ1) is 15.9. The van der Waals surface area contributed by atoms with Crippen molar-refractivity contribution in [2.75, 3.05) is 18.4 Å². The van der Waals surface area contributed by atoms with Gasteiger partial charge in [-0.1, -0.05) is 0 Å². The van der Waals surface area contributed by atoms with Crippen molar-refractivity contribution in [2.24, 2.45) is 5.92 Å². The number of nitrogens with one attached hydrogen (secondary N) is 2. The van der Waals surface area contributed by atoms with Crippen LogP contribution in [-0.2, 0) is 6.18 Å². The van der Waals surface area contributed by atoms with Crippen LogP contribution in [0.3, 0.4) is 0 Å². The number of halogens is 3. The Balaban J connectivity index is 1.48. The summed E-state index contributed by atoms with van der Waals surface area (Å²) >= 11 is 0. The molecule has 1 aliphatic heterocycles. The molecule has 2 aliphatic rings. The first-order chi connectivity index (χ1) is 11.9. The van der Waals surface area contributed by atoms with Crippen molar-refractivity contribution in [3.8, 4) is 0 Å². The molecule has 0 spiro atoms. The molecule has 2 aromatic rings. The maximum Gasteiger partial charge on any atom is 0.417 e. The van der Waals surface area contributed by atoms with E-state index in [0.717, 1.165) is 25.1 Å². The number of hydrogen-bond donors (Lipinski definition) is 2. The zero-order valence-electron chi connectivity index (χ0n) is 13.2. The van der Waals surface area contributed by atoms with E-state index >= 15 is 0 Å². The van der Waals surface area contributed by atoms with Crippen LogP contribution in [0.2, 0.25) is 0 Å². The average Bonchev–Trinajstić information content (AvgIpc) is 3.17. The van der Waals surface area contributed by atoms with Crippen molar-refractivity contribution in [3.63, 3.8) is 0 Å². The third-order valence-corrected chi connectivity index (χ3v) is 5.12. The van der Waals surface area contributed by atoms with Crippen LogP contribution in [0.15, 0.2) is 30.6 Å². The molecule has 132 valence electrons. The van der Waals surface area contributed by atoms with Crippen molar-refractivity contribution < 1.29 is 18.0 Å². The molecule has 1 saturated heterocycles. The fraction of sp³-hybridized carbons (Fsp3) is 0.438. The Morgan fingerprint density at radius 2 is 2.20 bits per heavy atom. The van der Waals surface area contributed by atoms with Crippen LogP contribution in [0.5, 0.6) is 0 Å². The van der Waals surface area contributed by atoms with Crippen LogP contribution in [0, 0.1) is 5.92 Å². The predicted octanol–water partition coefficient (Wildman–Crippen LogP) is 2.54. The Kier molecular flexibility index (Phi) is 3.48. The van der Waals surface area contributed by atoms with Crippen LogP contribution < -0.4 is 5.32 Å². The highest BCUT2D eigenvalue weighted by Crippen LogP contribution is 2.46. The number of pyridine rings is 1. The van der Waals surface area contributed by atoms with Crippen molar-refractivity contribution in [1.82, 2.24) is 20.1 Å². The Labute approximate surface area is 141 Å². The number of fused-ring (bicyclic) bond motifs is 1. The van der Waals surface area contributed by atoms with E-state index in [2.05, 4.69) is 20.5 Å². The van der Waals surface area contributed by atoms with Crippen LogP contribution in [0.1, 0.15) is 28.9 Å². The maximum absolute atomic E-state index is 12.6. The van der Waals surface area contributed by atoms with Gasteiger partial charge < -0.3 is 10.2 Å². The molecule has 2 atom stereocenters. The summed E-state index contributed by atoms with van der Waals surface area (Å²) < 4.78 is 37.9. The second kappa shape index (κ2) is 5.47. The molecule has 2 unspecified atom stereocenters. The molecule has 6 nitrogen and oxygen atoms in total. The number of carbonyl (C=O) groups is 1. The molecular weight excluding hydrogens is 335 g/mol. The van der Waals surface area contributed by atoms with Gasteiger partial charge in [0.05, 0.1) is 11.1 Å². The summed E-state index contributed by atoms with van der Waals surface area (Å²) in [7, 11) is 0. The minimum absolute atomic E-state index is 0.117. The number of hydrogen-bond acceptors (Lipinski definition) is 4. The lowest BCUT2D eigenvalue weighted by Gasteiger charge is -2.44. The van der Waals surface area contributed by atoms with Crippen molar-refractivity contribution >= 4 is 11.7 Å². The monoisotopic (exact) mass is 351 g/mol. The Morgan fingerprint density at radius 3 is 2.76 bits per heavy atom. The van der Waals surface area contributed by atoms with Gasteiger partial charge in [0.15, 0.2) is 0 Å². The van der Waals surface area contributed by atoms with E-state index in [1.807, 2.05) is 0 Å². The van der Waals surface area contributed by atoms with Crippen LogP contribution >= 0.6 is 0 Å². The SMILES string of the molecule is O=C(c1ccn[nH]1)N1CC2CCC2(Nc2ccc(C(F)(F)F)cn2)C1. The summed E-state index contributed by atoms with van der Waals surface area (Å²) in [6, 6.07) is 3.98. The van der Waals surface area contributed by atoms with E-state index in [1.54, 1.807) is 11.0 Å². The van der Waals surface area contributed by atoms with Gasteiger partial charge in [0.1, 0.15) is 11.5 Å². The third kappa shape index (κ3) is 2.73. The van der Waals surface area contributed by atoms with Crippen molar-refractivity contribution in [1.29, 1.82) is 0 Å². The Bertz CT molecular complexity index is 774. The lowest BCUT2D eigenvalue weighted by atomic mass is 9.69. The van der Waals surface area contributed by atoms with Gasteiger partial charge >= 0.3 is 6.18 Å². The minimum atomic E-state index is -4.40. The summed E-state index contributed by atoms with van der Waals surface area (Å²) in [6.45, 7) is 1.11. The summed E-state index contributed by atoms with van der Waals surface area (Å²) in [4.78, 5) is 18.1. The molecule has 0 bridgehead atoms. The zero-order chi connectivity index (χ0) is 17.7. The van der Waals surface area contributed by atoms with E-state index in [0.29, 0.717) is 24.6 Å². The topological polar surface area (TPSA) is 73.9 Å². The molecule has 3 heterocycles. The number of carbonyl (C=O) groups excluding carboxylic acids is 1. The lowest BCUT2D eigenvalue weighted by Crippen LogP contribution is -2.53. The van der Waals surface area contributed by atoms with Gasteiger partial charge in [-0.25, -0.2) is 4.98 Å². The molecule has 1 saturated carbocycles. The molecule has 2 fully saturated rings. The first-order valence-corrected chi connectivity index (χ1v) is 7.97. The number of aromatic amines is 1. The zero-order valence-corrected chi connectivity index (χ0v) is 13.2. The summed E-state index contributed by atoms with van der Waals surface area (Å²) in [5.41, 5.74) is -0.658. The Hall–Kier alpha value is -2.58. The molecule has 0 radical (unpaired) electrons. The fourth-order valence-corrected chi connectivity index (χ4v) is 3.64. The second-order valence-corrected chi connectivity index (χ2v) is 6.60. The number of anilines is 1. The second-order valence-electron chi connectivity index (χ2n) is 6.60. The maximum atomic E-state index is 12.6. The number of nitrogens with zero attached hydrogens (tertiary/aromatic N) is 3. The van der Waals surface area contributed by atoms with Gasteiger partial charge in [0.2, 0.25) is 0 Å². The minimum Gasteiger partial charge on any atom is -0.363 e. The molecule has 0 aromatic carbocycles. The van der Waals surface area contributed by atoms with E-state index in [4.69, 9.17) is 0 Å². The number of H-pyrrole nitrogens is 1. The highest BCUT2D eigenvalue weighted by Gasteiger charge is 2.54.